The van der Waals surface area contributed by atoms with Gasteiger partial charge in [-0.1, -0.05) is 23.7 Å². The van der Waals surface area contributed by atoms with Gasteiger partial charge in [-0.05, 0) is 24.5 Å². The van der Waals surface area contributed by atoms with Crippen molar-refractivity contribution in [3.05, 3.63) is 34.6 Å². The number of alkyl halides is 3. The molecule has 1 nitrogen and oxygen atoms in total. The summed E-state index contributed by atoms with van der Waals surface area (Å²) in [7, 11) is 0. The van der Waals surface area contributed by atoms with Crippen LogP contribution in [0.3, 0.4) is 0 Å². The summed E-state index contributed by atoms with van der Waals surface area (Å²) in [5.41, 5.74) is 6.02. The number of hydrogen-bond donors (Lipinski definition) is 1. The van der Waals surface area contributed by atoms with Crippen molar-refractivity contribution in [1.82, 2.24) is 0 Å². The first-order chi connectivity index (χ1) is 7.81. The predicted molar refractivity (Wildman–Crippen MR) is 58.2 cm³/mol. The highest BCUT2D eigenvalue weighted by Crippen LogP contribution is 2.29. The minimum atomic E-state index is -4.19. The molecule has 0 fully saturated rings. The maximum atomic E-state index is 13.1. The molecule has 17 heavy (non-hydrogen) atoms. The van der Waals surface area contributed by atoms with Crippen molar-refractivity contribution in [2.75, 3.05) is 0 Å². The molecule has 96 valence electrons. The standard InChI is InChI=1S/C11H12ClF4N/c12-10-7(3-1-4-8(10)13)9(17)5-2-6-11(14,15)16/h1,3-4,9H,2,5-6,17H2. The van der Waals surface area contributed by atoms with E-state index >= 15 is 0 Å². The number of nitrogens with two attached hydrogens (primary N) is 1. The van der Waals surface area contributed by atoms with Gasteiger partial charge in [-0.2, -0.15) is 13.2 Å². The molecule has 0 aliphatic carbocycles. The number of hydrogen-bond acceptors (Lipinski definition) is 1. The third-order valence-electron chi connectivity index (χ3n) is 2.36. The van der Waals surface area contributed by atoms with Crippen molar-refractivity contribution in [2.45, 2.75) is 31.5 Å². The maximum absolute atomic E-state index is 13.1. The molecule has 6 heteroatoms. The van der Waals surface area contributed by atoms with E-state index in [0.717, 1.165) is 0 Å². The van der Waals surface area contributed by atoms with Gasteiger partial charge in [0.2, 0.25) is 0 Å². The zero-order chi connectivity index (χ0) is 13.1. The lowest BCUT2D eigenvalue weighted by Gasteiger charge is -2.14. The second-order valence-corrected chi connectivity index (χ2v) is 4.13. The smallest absolute Gasteiger partial charge is 0.324 e. The Morgan fingerprint density at radius 2 is 1.94 bits per heavy atom. The van der Waals surface area contributed by atoms with E-state index in [0.29, 0.717) is 5.56 Å². The summed E-state index contributed by atoms with van der Waals surface area (Å²) in [5.74, 6) is -0.615. The van der Waals surface area contributed by atoms with Gasteiger partial charge in [-0.3, -0.25) is 0 Å². The van der Waals surface area contributed by atoms with Crippen LogP contribution in [0.1, 0.15) is 30.9 Å². The van der Waals surface area contributed by atoms with E-state index in [-0.39, 0.29) is 17.9 Å². The molecule has 1 aromatic carbocycles. The van der Waals surface area contributed by atoms with Crippen LogP contribution in [0.2, 0.25) is 5.02 Å². The lowest BCUT2D eigenvalue weighted by atomic mass is 10.0. The quantitative estimate of drug-likeness (QED) is 0.814. The molecule has 0 amide bonds. The van der Waals surface area contributed by atoms with Crippen molar-refractivity contribution < 1.29 is 17.6 Å². The summed E-state index contributed by atoms with van der Waals surface area (Å²) < 4.78 is 48.9. The van der Waals surface area contributed by atoms with Gasteiger partial charge in [0.1, 0.15) is 5.82 Å². The van der Waals surface area contributed by atoms with Gasteiger partial charge in [0, 0.05) is 12.5 Å². The van der Waals surface area contributed by atoms with E-state index in [4.69, 9.17) is 17.3 Å². The highest BCUT2D eigenvalue weighted by molar-refractivity contribution is 6.31. The summed E-state index contributed by atoms with van der Waals surface area (Å²) in [4.78, 5) is 0. The third kappa shape index (κ3) is 4.52. The Labute approximate surface area is 102 Å². The maximum Gasteiger partial charge on any atom is 0.389 e. The van der Waals surface area contributed by atoms with Crippen LogP contribution in [0.5, 0.6) is 0 Å². The second kappa shape index (κ2) is 5.69. The summed E-state index contributed by atoms with van der Waals surface area (Å²) in [6.45, 7) is 0. The van der Waals surface area contributed by atoms with Crippen LogP contribution in [-0.2, 0) is 0 Å². The van der Waals surface area contributed by atoms with E-state index in [9.17, 15) is 17.6 Å². The average molecular weight is 270 g/mol. The van der Waals surface area contributed by atoms with Crippen molar-refractivity contribution in [2.24, 2.45) is 5.73 Å². The van der Waals surface area contributed by atoms with Crippen molar-refractivity contribution in [3.63, 3.8) is 0 Å². The van der Waals surface area contributed by atoms with Crippen LogP contribution >= 0.6 is 11.6 Å². The van der Waals surface area contributed by atoms with Gasteiger partial charge >= 0.3 is 6.18 Å². The lowest BCUT2D eigenvalue weighted by molar-refractivity contribution is -0.135. The first-order valence-corrected chi connectivity index (χ1v) is 5.45. The van der Waals surface area contributed by atoms with Crippen molar-refractivity contribution in [3.8, 4) is 0 Å². The SMILES string of the molecule is NC(CCCC(F)(F)F)c1cccc(F)c1Cl. The summed E-state index contributed by atoms with van der Waals surface area (Å²) in [6.07, 6.45) is -5.07. The molecule has 2 N–H and O–H groups in total. The fraction of sp³-hybridized carbons (Fsp3) is 0.455. The zero-order valence-electron chi connectivity index (χ0n) is 8.90. The average Bonchev–Trinajstić information content (AvgIpc) is 2.20. The van der Waals surface area contributed by atoms with E-state index in [2.05, 4.69) is 0 Å². The van der Waals surface area contributed by atoms with Gasteiger partial charge < -0.3 is 5.73 Å². The Balaban J connectivity index is 2.58. The van der Waals surface area contributed by atoms with Crippen LogP contribution < -0.4 is 5.73 Å². The van der Waals surface area contributed by atoms with Crippen molar-refractivity contribution >= 4 is 11.6 Å². The van der Waals surface area contributed by atoms with Crippen LogP contribution in [0.25, 0.3) is 0 Å². The molecule has 0 aromatic heterocycles. The van der Waals surface area contributed by atoms with Crippen LogP contribution in [-0.4, -0.2) is 6.18 Å². The molecular formula is C11H12ClF4N. The van der Waals surface area contributed by atoms with Gasteiger partial charge in [-0.15, -0.1) is 0 Å². The normalized spacial score (nSPS) is 13.8. The third-order valence-corrected chi connectivity index (χ3v) is 2.76. The Bertz CT molecular complexity index is 378. The second-order valence-electron chi connectivity index (χ2n) is 3.76. The molecular weight excluding hydrogens is 258 g/mol. The zero-order valence-corrected chi connectivity index (χ0v) is 9.65. The highest BCUT2D eigenvalue weighted by atomic mass is 35.5. The molecule has 0 aliphatic rings. The predicted octanol–water partition coefficient (Wildman–Crippen LogP) is 4.21. The molecule has 0 spiro atoms. The van der Waals surface area contributed by atoms with Crippen LogP contribution in [0.4, 0.5) is 17.6 Å². The molecule has 0 bridgehead atoms. The molecule has 0 radical (unpaired) electrons. The Kier molecular flexibility index (Phi) is 4.77. The highest BCUT2D eigenvalue weighted by Gasteiger charge is 2.26. The van der Waals surface area contributed by atoms with E-state index in [1.165, 1.54) is 18.2 Å². The minimum absolute atomic E-state index is 0.0997. The fourth-order valence-electron chi connectivity index (χ4n) is 1.48. The summed E-state index contributed by atoms with van der Waals surface area (Å²) in [6, 6.07) is 3.44. The van der Waals surface area contributed by atoms with Crippen molar-refractivity contribution in [1.29, 1.82) is 0 Å². The van der Waals surface area contributed by atoms with E-state index in [1.54, 1.807) is 0 Å². The summed E-state index contributed by atoms with van der Waals surface area (Å²) >= 11 is 5.68. The molecule has 1 atom stereocenters. The van der Waals surface area contributed by atoms with Gasteiger partial charge in [0.15, 0.2) is 0 Å². The van der Waals surface area contributed by atoms with Gasteiger partial charge in [-0.25, -0.2) is 4.39 Å². The van der Waals surface area contributed by atoms with E-state index in [1.807, 2.05) is 0 Å². The molecule has 0 saturated carbocycles. The lowest BCUT2D eigenvalue weighted by Crippen LogP contribution is -2.13. The number of benzene rings is 1. The van der Waals surface area contributed by atoms with E-state index < -0.39 is 24.5 Å². The molecule has 1 aromatic rings. The molecule has 0 aliphatic heterocycles. The Morgan fingerprint density at radius 1 is 1.29 bits per heavy atom. The Morgan fingerprint density at radius 3 is 2.53 bits per heavy atom. The van der Waals surface area contributed by atoms with Gasteiger partial charge in [0.05, 0.1) is 5.02 Å². The van der Waals surface area contributed by atoms with Crippen LogP contribution in [0.15, 0.2) is 18.2 Å². The fourth-order valence-corrected chi connectivity index (χ4v) is 1.75. The first kappa shape index (κ1) is 14.3. The molecule has 1 unspecified atom stereocenters. The molecule has 1 rings (SSSR count). The first-order valence-electron chi connectivity index (χ1n) is 5.07. The summed E-state index contributed by atoms with van der Waals surface area (Å²) in [5, 5.41) is -0.119. The number of halogens is 5. The monoisotopic (exact) mass is 269 g/mol. The largest absolute Gasteiger partial charge is 0.389 e. The molecule has 0 heterocycles. The van der Waals surface area contributed by atoms with Gasteiger partial charge in [0.25, 0.3) is 0 Å². The minimum Gasteiger partial charge on any atom is -0.324 e. The Hall–Kier alpha value is -0.810. The topological polar surface area (TPSA) is 26.0 Å². The van der Waals surface area contributed by atoms with Crippen LogP contribution in [0, 0.1) is 5.82 Å². The number of rotatable bonds is 4. The molecule has 0 saturated heterocycles.